The van der Waals surface area contributed by atoms with Gasteiger partial charge in [-0.3, -0.25) is 0 Å². The lowest BCUT2D eigenvalue weighted by Crippen LogP contribution is -2.41. The van der Waals surface area contributed by atoms with Gasteiger partial charge in [-0.05, 0) is 52.2 Å². The molecule has 0 unspecified atom stereocenters. The Hall–Kier alpha value is -3.43. The first-order chi connectivity index (χ1) is 16.5. The second-order valence-corrected chi connectivity index (χ2v) is 9.46. The van der Waals surface area contributed by atoms with Gasteiger partial charge in [-0.25, -0.2) is 14.3 Å². The summed E-state index contributed by atoms with van der Waals surface area (Å²) in [5.41, 5.74) is 2.42. The third-order valence-corrected chi connectivity index (χ3v) is 6.70. The maximum absolute atomic E-state index is 12.9. The fourth-order valence-electron chi connectivity index (χ4n) is 4.01. The summed E-state index contributed by atoms with van der Waals surface area (Å²) in [5.74, 6) is -1.38. The van der Waals surface area contributed by atoms with Crippen molar-refractivity contribution < 1.29 is 28.4 Å². The second-order valence-electron chi connectivity index (χ2n) is 9.46. The lowest BCUT2D eigenvalue weighted by molar-refractivity contribution is 0.00578. The Morgan fingerprint density at radius 1 is 0.914 bits per heavy atom. The molecule has 0 aliphatic carbocycles. The van der Waals surface area contributed by atoms with E-state index in [0.29, 0.717) is 16.9 Å². The Bertz CT molecular complexity index is 1270. The summed E-state index contributed by atoms with van der Waals surface area (Å²) < 4.78 is 23.8. The Kier molecular flexibility index (Phi) is 6.33. The van der Waals surface area contributed by atoms with Gasteiger partial charge >= 0.3 is 19.1 Å². The van der Waals surface area contributed by atoms with E-state index in [-0.39, 0.29) is 11.3 Å². The third kappa shape index (κ3) is 4.26. The normalized spacial score (nSPS) is 16.3. The van der Waals surface area contributed by atoms with Gasteiger partial charge in [0.1, 0.15) is 11.3 Å². The first-order valence-corrected chi connectivity index (χ1v) is 11.3. The molecular formula is C26H29BN2O6. The van der Waals surface area contributed by atoms with Crippen LogP contribution in [0.25, 0.3) is 16.9 Å². The lowest BCUT2D eigenvalue weighted by atomic mass is 9.75. The minimum atomic E-state index is -0.696. The lowest BCUT2D eigenvalue weighted by Gasteiger charge is -2.32. The molecule has 8 nitrogen and oxygen atoms in total. The summed E-state index contributed by atoms with van der Waals surface area (Å²) in [6.45, 7) is 9.96. The molecule has 182 valence electrons. The van der Waals surface area contributed by atoms with E-state index in [9.17, 15) is 9.59 Å². The van der Waals surface area contributed by atoms with E-state index in [1.54, 1.807) is 12.1 Å². The number of rotatable bonds is 5. The number of nitrogens with zero attached hydrogens (tertiary/aromatic N) is 2. The van der Waals surface area contributed by atoms with Crippen LogP contribution in [0.2, 0.25) is 0 Å². The van der Waals surface area contributed by atoms with Crippen molar-refractivity contribution >= 4 is 24.5 Å². The molecule has 0 bridgehead atoms. The molecule has 0 saturated carbocycles. The zero-order valence-electron chi connectivity index (χ0n) is 21.0. The predicted molar refractivity (Wildman–Crippen MR) is 132 cm³/mol. The van der Waals surface area contributed by atoms with E-state index in [0.717, 1.165) is 11.0 Å². The van der Waals surface area contributed by atoms with Crippen LogP contribution in [0.4, 0.5) is 0 Å². The van der Waals surface area contributed by atoms with Crippen LogP contribution in [0.1, 0.15) is 54.1 Å². The van der Waals surface area contributed by atoms with Gasteiger partial charge < -0.3 is 18.8 Å². The van der Waals surface area contributed by atoms with Gasteiger partial charge in [0.2, 0.25) is 0 Å². The monoisotopic (exact) mass is 476 g/mol. The highest BCUT2D eigenvalue weighted by atomic mass is 16.7. The quantitative estimate of drug-likeness (QED) is 0.410. The molecule has 0 spiro atoms. The van der Waals surface area contributed by atoms with Gasteiger partial charge in [-0.2, -0.15) is 5.10 Å². The summed E-state index contributed by atoms with van der Waals surface area (Å²) in [6, 6.07) is 14.7. The second kappa shape index (κ2) is 8.98. The summed E-state index contributed by atoms with van der Waals surface area (Å²) >= 11 is 0. The number of ether oxygens (including phenoxy) is 2. The molecule has 4 rings (SSSR count). The fraction of sp³-hybridized carbons (Fsp3) is 0.346. The van der Waals surface area contributed by atoms with E-state index in [1.165, 1.54) is 18.9 Å². The van der Waals surface area contributed by atoms with Crippen LogP contribution in [0.3, 0.4) is 0 Å². The molecule has 1 aromatic heterocycles. The van der Waals surface area contributed by atoms with Crippen LogP contribution in [0, 0.1) is 6.92 Å². The van der Waals surface area contributed by atoms with E-state index >= 15 is 0 Å². The van der Waals surface area contributed by atoms with E-state index in [4.69, 9.17) is 18.8 Å². The Labute approximate surface area is 205 Å². The van der Waals surface area contributed by atoms with Crippen molar-refractivity contribution in [2.75, 3.05) is 14.2 Å². The van der Waals surface area contributed by atoms with Crippen molar-refractivity contribution in [1.82, 2.24) is 9.78 Å². The number of esters is 2. The first-order valence-electron chi connectivity index (χ1n) is 11.3. The Morgan fingerprint density at radius 3 is 2.06 bits per heavy atom. The molecule has 0 amide bonds. The Morgan fingerprint density at radius 2 is 1.51 bits per heavy atom. The minimum absolute atomic E-state index is 0.00626. The van der Waals surface area contributed by atoms with Crippen LogP contribution in [0.15, 0.2) is 48.5 Å². The van der Waals surface area contributed by atoms with E-state index < -0.39 is 30.3 Å². The molecule has 0 atom stereocenters. The van der Waals surface area contributed by atoms with Gasteiger partial charge in [0, 0.05) is 5.56 Å². The molecule has 2 heterocycles. The van der Waals surface area contributed by atoms with Crippen LogP contribution < -0.4 is 5.46 Å². The average molecular weight is 476 g/mol. The number of para-hydroxylation sites is 1. The molecule has 1 aliphatic rings. The highest BCUT2D eigenvalue weighted by Crippen LogP contribution is 2.37. The maximum atomic E-state index is 12.9. The summed E-state index contributed by atoms with van der Waals surface area (Å²) in [4.78, 5) is 25.7. The molecule has 35 heavy (non-hydrogen) atoms. The van der Waals surface area contributed by atoms with Crippen LogP contribution in [-0.4, -0.2) is 54.3 Å². The van der Waals surface area contributed by atoms with Gasteiger partial charge in [-0.1, -0.05) is 42.0 Å². The third-order valence-electron chi connectivity index (χ3n) is 6.70. The number of benzene rings is 2. The van der Waals surface area contributed by atoms with Crippen LogP contribution in [-0.2, 0) is 18.8 Å². The smallest absolute Gasteiger partial charge is 0.465 e. The van der Waals surface area contributed by atoms with Crippen molar-refractivity contribution in [3.63, 3.8) is 0 Å². The molecule has 1 aliphatic heterocycles. The van der Waals surface area contributed by atoms with Gasteiger partial charge in [0.15, 0.2) is 5.69 Å². The number of aromatic nitrogens is 2. The summed E-state index contributed by atoms with van der Waals surface area (Å²) in [5, 5.41) is 4.66. The number of carbonyl (C=O) groups is 2. The zero-order chi connectivity index (χ0) is 25.5. The fourth-order valence-corrected chi connectivity index (χ4v) is 4.01. The van der Waals surface area contributed by atoms with Gasteiger partial charge in [0.25, 0.3) is 0 Å². The average Bonchev–Trinajstić information content (AvgIpc) is 3.32. The van der Waals surface area contributed by atoms with Gasteiger partial charge in [-0.15, -0.1) is 0 Å². The molecule has 9 heteroatoms. The van der Waals surface area contributed by atoms with Crippen molar-refractivity contribution in [2.24, 2.45) is 0 Å². The van der Waals surface area contributed by atoms with E-state index in [1.807, 2.05) is 71.0 Å². The van der Waals surface area contributed by atoms with Crippen molar-refractivity contribution in [2.45, 2.75) is 45.8 Å². The predicted octanol–water partition coefficient (Wildman–Crippen LogP) is 3.72. The van der Waals surface area contributed by atoms with Crippen molar-refractivity contribution in [3.05, 3.63) is 65.4 Å². The highest BCUT2D eigenvalue weighted by Gasteiger charge is 2.52. The molecule has 3 aromatic rings. The molecule has 1 fully saturated rings. The molecule has 0 N–H and O–H groups in total. The van der Waals surface area contributed by atoms with Crippen LogP contribution in [0.5, 0.6) is 0 Å². The molecular weight excluding hydrogens is 447 g/mol. The largest absolute Gasteiger partial charge is 0.495 e. The van der Waals surface area contributed by atoms with E-state index in [2.05, 4.69) is 5.10 Å². The van der Waals surface area contributed by atoms with Crippen molar-refractivity contribution in [3.8, 4) is 16.9 Å². The summed E-state index contributed by atoms with van der Waals surface area (Å²) in [6.07, 6.45) is 0. The Balaban J connectivity index is 1.86. The number of hydrogen-bond acceptors (Lipinski definition) is 7. The zero-order valence-corrected chi connectivity index (χ0v) is 21.0. The number of aryl methyl sites for hydroxylation is 1. The highest BCUT2D eigenvalue weighted by molar-refractivity contribution is 6.62. The first kappa shape index (κ1) is 24.7. The molecule has 1 saturated heterocycles. The SMILES string of the molecule is COC(=O)c1c(-c2ccc(B3OC(C)(C)C(C)(C)O3)c(C)c2)nn(-c2ccccc2)c1C(=O)OC. The molecule has 2 aromatic carbocycles. The molecule has 0 radical (unpaired) electrons. The standard InChI is InChI=1S/C26H29BN2O6/c1-16-15-17(13-14-19(16)27-34-25(2,3)26(4,5)35-27)21-20(23(30)32-6)22(24(31)33-7)29(28-21)18-11-9-8-10-12-18/h8-15H,1-7H3. The maximum Gasteiger partial charge on any atom is 0.495 e. The topological polar surface area (TPSA) is 88.9 Å². The van der Waals surface area contributed by atoms with Gasteiger partial charge in [0.05, 0.1) is 31.1 Å². The van der Waals surface area contributed by atoms with Crippen LogP contribution >= 0.6 is 0 Å². The number of methoxy groups -OCH3 is 2. The van der Waals surface area contributed by atoms with Crippen molar-refractivity contribution in [1.29, 1.82) is 0 Å². The minimum Gasteiger partial charge on any atom is -0.465 e. The number of hydrogen-bond donors (Lipinski definition) is 0. The number of carbonyl (C=O) groups excluding carboxylic acids is 2. The summed E-state index contributed by atoms with van der Waals surface area (Å²) in [7, 11) is 2.00.